The molecule has 1 aliphatic rings. The van der Waals surface area contributed by atoms with Crippen LogP contribution in [0.3, 0.4) is 0 Å². The molecule has 1 aliphatic heterocycles. The largest absolute Gasteiger partial charge is 0.366 e. The number of halogens is 3. The van der Waals surface area contributed by atoms with E-state index in [-0.39, 0.29) is 23.9 Å². The Labute approximate surface area is 110 Å². The lowest BCUT2D eigenvalue weighted by atomic mass is 9.89. The lowest BCUT2D eigenvalue weighted by molar-refractivity contribution is 0.0996. The number of piperidine rings is 1. The van der Waals surface area contributed by atoms with Crippen molar-refractivity contribution in [3.63, 3.8) is 0 Å². The predicted molar refractivity (Wildman–Crippen MR) is 67.0 cm³/mol. The normalized spacial score (nSPS) is 16.1. The molecule has 0 spiro atoms. The van der Waals surface area contributed by atoms with Crippen LogP contribution in [0.4, 0.5) is 8.78 Å². The van der Waals surface area contributed by atoms with Crippen molar-refractivity contribution in [2.45, 2.75) is 18.8 Å². The fraction of sp³-hybridized carbons (Fsp3) is 0.417. The highest BCUT2D eigenvalue weighted by Crippen LogP contribution is 2.29. The third-order valence-electron chi connectivity index (χ3n) is 3.13. The Hall–Kier alpha value is -1.20. The zero-order valence-electron chi connectivity index (χ0n) is 9.71. The molecule has 0 aliphatic carbocycles. The van der Waals surface area contributed by atoms with Crippen molar-refractivity contribution >= 4 is 18.3 Å². The van der Waals surface area contributed by atoms with Gasteiger partial charge in [0.05, 0.1) is 5.56 Å². The number of nitrogens with one attached hydrogen (secondary N) is 1. The summed E-state index contributed by atoms with van der Waals surface area (Å²) >= 11 is 0. The van der Waals surface area contributed by atoms with Crippen LogP contribution in [-0.2, 0) is 0 Å². The van der Waals surface area contributed by atoms with Crippen molar-refractivity contribution in [1.29, 1.82) is 0 Å². The van der Waals surface area contributed by atoms with Gasteiger partial charge in [0.1, 0.15) is 11.6 Å². The molecule has 3 N–H and O–H groups in total. The Morgan fingerprint density at radius 1 is 1.22 bits per heavy atom. The highest BCUT2D eigenvalue weighted by molar-refractivity contribution is 5.93. The fourth-order valence-electron chi connectivity index (χ4n) is 2.20. The minimum Gasteiger partial charge on any atom is -0.366 e. The summed E-state index contributed by atoms with van der Waals surface area (Å²) in [5.74, 6) is -2.23. The topological polar surface area (TPSA) is 55.1 Å². The highest BCUT2D eigenvalue weighted by atomic mass is 35.5. The second-order valence-corrected chi connectivity index (χ2v) is 4.24. The van der Waals surface area contributed by atoms with Gasteiger partial charge in [0.15, 0.2) is 0 Å². The molecule has 18 heavy (non-hydrogen) atoms. The van der Waals surface area contributed by atoms with Gasteiger partial charge in [0.2, 0.25) is 0 Å². The zero-order valence-corrected chi connectivity index (χ0v) is 10.5. The first-order valence-electron chi connectivity index (χ1n) is 5.59. The molecular formula is C12H15ClF2N2O. The van der Waals surface area contributed by atoms with E-state index in [0.29, 0.717) is 5.56 Å². The summed E-state index contributed by atoms with van der Waals surface area (Å²) in [6.45, 7) is 1.59. The maximum absolute atomic E-state index is 13.8. The van der Waals surface area contributed by atoms with E-state index in [1.54, 1.807) is 0 Å². The Balaban J connectivity index is 0.00000162. The van der Waals surface area contributed by atoms with Gasteiger partial charge in [-0.25, -0.2) is 8.78 Å². The van der Waals surface area contributed by atoms with Gasteiger partial charge < -0.3 is 11.1 Å². The first kappa shape index (κ1) is 14.9. The van der Waals surface area contributed by atoms with Crippen LogP contribution < -0.4 is 11.1 Å². The van der Waals surface area contributed by atoms with Crippen LogP contribution in [0.15, 0.2) is 12.1 Å². The summed E-state index contributed by atoms with van der Waals surface area (Å²) in [5, 5.41) is 3.16. The zero-order chi connectivity index (χ0) is 12.4. The van der Waals surface area contributed by atoms with Crippen LogP contribution in [0.25, 0.3) is 0 Å². The summed E-state index contributed by atoms with van der Waals surface area (Å²) in [7, 11) is 0. The Morgan fingerprint density at radius 2 is 1.83 bits per heavy atom. The van der Waals surface area contributed by atoms with E-state index in [1.807, 2.05) is 0 Å². The lowest BCUT2D eigenvalue weighted by Gasteiger charge is -2.23. The van der Waals surface area contributed by atoms with E-state index in [2.05, 4.69) is 5.32 Å². The molecular weight excluding hydrogens is 262 g/mol. The number of rotatable bonds is 2. The molecule has 0 aromatic heterocycles. The average molecular weight is 277 g/mol. The van der Waals surface area contributed by atoms with Crippen molar-refractivity contribution < 1.29 is 13.6 Å². The molecule has 6 heteroatoms. The van der Waals surface area contributed by atoms with Crippen LogP contribution in [-0.4, -0.2) is 19.0 Å². The molecule has 1 aromatic rings. The van der Waals surface area contributed by atoms with E-state index in [1.165, 1.54) is 0 Å². The molecule has 1 heterocycles. The second kappa shape index (κ2) is 6.11. The second-order valence-electron chi connectivity index (χ2n) is 4.24. The van der Waals surface area contributed by atoms with E-state index < -0.39 is 17.5 Å². The van der Waals surface area contributed by atoms with Gasteiger partial charge in [-0.2, -0.15) is 0 Å². The van der Waals surface area contributed by atoms with Gasteiger partial charge >= 0.3 is 0 Å². The number of carbonyl (C=O) groups excluding carboxylic acids is 1. The van der Waals surface area contributed by atoms with E-state index >= 15 is 0 Å². The molecule has 2 rings (SSSR count). The number of hydrogen-bond donors (Lipinski definition) is 2. The van der Waals surface area contributed by atoms with Gasteiger partial charge in [0, 0.05) is 0 Å². The third-order valence-corrected chi connectivity index (χ3v) is 3.13. The first-order valence-corrected chi connectivity index (χ1v) is 5.59. The molecule has 1 fully saturated rings. The summed E-state index contributed by atoms with van der Waals surface area (Å²) in [4.78, 5) is 10.9. The van der Waals surface area contributed by atoms with E-state index in [0.717, 1.165) is 38.1 Å². The predicted octanol–water partition coefficient (Wildman–Crippen LogP) is 1.95. The monoisotopic (exact) mass is 276 g/mol. The Bertz CT molecular complexity index is 448. The number of nitrogens with two attached hydrogens (primary N) is 1. The van der Waals surface area contributed by atoms with Gasteiger partial charge in [-0.1, -0.05) is 0 Å². The van der Waals surface area contributed by atoms with Gasteiger partial charge in [-0.05, 0) is 49.5 Å². The molecule has 3 nitrogen and oxygen atoms in total. The SMILES string of the molecule is Cl.NC(=O)c1cc(F)c(C2CCNCC2)cc1F. The molecule has 0 unspecified atom stereocenters. The molecule has 0 atom stereocenters. The number of amides is 1. The third kappa shape index (κ3) is 2.97. The van der Waals surface area contributed by atoms with Crippen LogP contribution in [0.5, 0.6) is 0 Å². The molecule has 1 saturated heterocycles. The average Bonchev–Trinajstić information content (AvgIpc) is 2.32. The van der Waals surface area contributed by atoms with Crippen molar-refractivity contribution in [2.75, 3.05) is 13.1 Å². The summed E-state index contributed by atoms with van der Waals surface area (Å²) in [5.41, 5.74) is 4.91. The first-order chi connectivity index (χ1) is 8.09. The van der Waals surface area contributed by atoms with Crippen molar-refractivity contribution in [1.82, 2.24) is 5.32 Å². The van der Waals surface area contributed by atoms with Crippen LogP contribution in [0.1, 0.15) is 34.7 Å². The van der Waals surface area contributed by atoms with Gasteiger partial charge in [0.25, 0.3) is 5.91 Å². The summed E-state index contributed by atoms with van der Waals surface area (Å²) in [6.07, 6.45) is 1.54. The molecule has 0 radical (unpaired) electrons. The van der Waals surface area contributed by atoms with Crippen molar-refractivity contribution in [3.8, 4) is 0 Å². The molecule has 0 bridgehead atoms. The highest BCUT2D eigenvalue weighted by Gasteiger charge is 2.21. The molecule has 0 saturated carbocycles. The van der Waals surface area contributed by atoms with Crippen LogP contribution in [0, 0.1) is 11.6 Å². The van der Waals surface area contributed by atoms with Crippen LogP contribution >= 0.6 is 12.4 Å². The van der Waals surface area contributed by atoms with Crippen molar-refractivity contribution in [3.05, 3.63) is 34.9 Å². The fourth-order valence-corrected chi connectivity index (χ4v) is 2.20. The summed E-state index contributed by atoms with van der Waals surface area (Å²) < 4.78 is 27.3. The molecule has 1 aromatic carbocycles. The standard InChI is InChI=1S/C12H14F2N2O.ClH/c13-10-6-9(12(15)17)11(14)5-8(10)7-1-3-16-4-2-7;/h5-7,16H,1-4H2,(H2,15,17);1H. The number of carbonyl (C=O) groups is 1. The number of primary amides is 1. The minimum atomic E-state index is -0.946. The van der Waals surface area contributed by atoms with Gasteiger partial charge in [-0.3, -0.25) is 4.79 Å². The van der Waals surface area contributed by atoms with E-state index in [9.17, 15) is 13.6 Å². The Kier molecular flexibility index (Phi) is 5.04. The molecule has 100 valence electrons. The molecule has 1 amide bonds. The van der Waals surface area contributed by atoms with Crippen LogP contribution in [0.2, 0.25) is 0 Å². The lowest BCUT2D eigenvalue weighted by Crippen LogP contribution is -2.27. The number of hydrogen-bond acceptors (Lipinski definition) is 2. The minimum absolute atomic E-state index is 0. The maximum atomic E-state index is 13.8. The quantitative estimate of drug-likeness (QED) is 0.867. The summed E-state index contributed by atoms with van der Waals surface area (Å²) in [6, 6.07) is 2.00. The van der Waals surface area contributed by atoms with E-state index in [4.69, 9.17) is 5.73 Å². The van der Waals surface area contributed by atoms with Gasteiger partial charge in [-0.15, -0.1) is 12.4 Å². The smallest absolute Gasteiger partial charge is 0.251 e. The maximum Gasteiger partial charge on any atom is 0.251 e. The number of benzene rings is 1. The van der Waals surface area contributed by atoms with Crippen molar-refractivity contribution in [2.24, 2.45) is 5.73 Å². The Morgan fingerprint density at radius 3 is 2.39 bits per heavy atom.